The number of carbonyl (C=O) groups excluding carboxylic acids is 2. The first-order valence-electron chi connectivity index (χ1n) is 12.4. The van der Waals surface area contributed by atoms with E-state index in [2.05, 4.69) is 48.9 Å². The molecule has 0 radical (unpaired) electrons. The van der Waals surface area contributed by atoms with Crippen molar-refractivity contribution in [3.05, 3.63) is 53.3 Å². The quantitative estimate of drug-likeness (QED) is 0.585. The van der Waals surface area contributed by atoms with Crippen LogP contribution in [0.25, 0.3) is 0 Å². The number of hydrogen-bond donors (Lipinski definition) is 3. The van der Waals surface area contributed by atoms with Gasteiger partial charge in [-0.3, -0.25) is 19.5 Å². The van der Waals surface area contributed by atoms with Crippen LogP contribution in [0.2, 0.25) is 0 Å². The summed E-state index contributed by atoms with van der Waals surface area (Å²) in [4.78, 5) is 34.0. The number of nitrogens with zero attached hydrogens (tertiary/aromatic N) is 3. The Kier molecular flexibility index (Phi) is 6.78. The van der Waals surface area contributed by atoms with E-state index in [-0.39, 0.29) is 17.9 Å². The van der Waals surface area contributed by atoms with Gasteiger partial charge in [0, 0.05) is 56.2 Å². The molecule has 2 aliphatic heterocycles. The number of carbonyl (C=O) groups is 2. The van der Waals surface area contributed by atoms with Crippen LogP contribution < -0.4 is 20.9 Å². The molecule has 1 aromatic heterocycles. The van der Waals surface area contributed by atoms with Gasteiger partial charge in [-0.25, -0.2) is 0 Å². The highest BCUT2D eigenvalue weighted by atomic mass is 16.2. The van der Waals surface area contributed by atoms with Crippen molar-refractivity contribution in [1.82, 2.24) is 20.5 Å². The molecule has 8 heteroatoms. The van der Waals surface area contributed by atoms with Gasteiger partial charge in [0.1, 0.15) is 0 Å². The summed E-state index contributed by atoms with van der Waals surface area (Å²) in [5.41, 5.74) is 4.65. The fourth-order valence-corrected chi connectivity index (χ4v) is 4.66. The maximum absolute atomic E-state index is 12.5. The van der Waals surface area contributed by atoms with Crippen molar-refractivity contribution < 1.29 is 9.59 Å². The van der Waals surface area contributed by atoms with Gasteiger partial charge in [-0.1, -0.05) is 0 Å². The molecule has 8 nitrogen and oxygen atoms in total. The summed E-state index contributed by atoms with van der Waals surface area (Å²) in [6.07, 6.45) is 6.04. The Balaban J connectivity index is 1.13. The average Bonchev–Trinajstić information content (AvgIpc) is 3.49. The van der Waals surface area contributed by atoms with E-state index in [0.717, 1.165) is 93.1 Å². The second-order valence-electron chi connectivity index (χ2n) is 9.67. The summed E-state index contributed by atoms with van der Waals surface area (Å²) in [7, 11) is 0. The Morgan fingerprint density at radius 2 is 1.85 bits per heavy atom. The number of benzene rings is 1. The minimum absolute atomic E-state index is 0.0284. The highest BCUT2D eigenvalue weighted by Crippen LogP contribution is 2.22. The lowest BCUT2D eigenvalue weighted by Gasteiger charge is -2.36. The third kappa shape index (κ3) is 5.56. The van der Waals surface area contributed by atoms with E-state index in [0.29, 0.717) is 6.04 Å². The lowest BCUT2D eigenvalue weighted by molar-refractivity contribution is -0.117. The van der Waals surface area contributed by atoms with Crippen molar-refractivity contribution in [3.8, 4) is 0 Å². The number of anilines is 2. The molecule has 1 saturated carbocycles. The van der Waals surface area contributed by atoms with E-state index < -0.39 is 0 Å². The molecular formula is C26H34N6O2. The molecule has 0 spiro atoms. The number of aromatic nitrogens is 1. The molecule has 3 aliphatic rings. The molecule has 2 amide bonds. The summed E-state index contributed by atoms with van der Waals surface area (Å²) >= 11 is 0. The van der Waals surface area contributed by atoms with E-state index in [1.54, 1.807) is 0 Å². The Morgan fingerprint density at radius 1 is 1.09 bits per heavy atom. The van der Waals surface area contributed by atoms with Gasteiger partial charge in [-0.05, 0) is 75.0 Å². The number of rotatable bonds is 7. The molecule has 34 heavy (non-hydrogen) atoms. The van der Waals surface area contributed by atoms with E-state index in [4.69, 9.17) is 0 Å². The van der Waals surface area contributed by atoms with Gasteiger partial charge in [0.25, 0.3) is 5.91 Å². The molecule has 180 valence electrons. The predicted molar refractivity (Wildman–Crippen MR) is 133 cm³/mol. The smallest absolute Gasteiger partial charge is 0.251 e. The lowest BCUT2D eigenvalue weighted by atomic mass is 10.1. The number of aryl methyl sites for hydroxylation is 1. The number of pyridine rings is 1. The van der Waals surface area contributed by atoms with Crippen LogP contribution in [0, 0.1) is 6.92 Å². The third-order valence-corrected chi connectivity index (χ3v) is 6.96. The molecule has 3 heterocycles. The van der Waals surface area contributed by atoms with E-state index in [9.17, 15) is 9.59 Å². The standard InChI is InChI=1S/C26H34N6O2/c1-18-24(30-26(34)23-3-2-10-27-23)15-19(16-28-18)17-31-11-13-32(14-12-31)22-8-4-20(5-9-22)25(33)29-21-6-7-21/h4-5,8-9,15-16,21,23,27H,2-3,6-7,10-14,17H2,1H3,(H,29,33)(H,30,34)/t23-/m0/s1. The molecule has 3 N–H and O–H groups in total. The average molecular weight is 463 g/mol. The van der Waals surface area contributed by atoms with Gasteiger partial charge in [-0.2, -0.15) is 0 Å². The summed E-state index contributed by atoms with van der Waals surface area (Å²) in [5, 5.41) is 9.35. The number of piperazine rings is 1. The molecule has 1 atom stereocenters. The Morgan fingerprint density at radius 3 is 2.53 bits per heavy atom. The second kappa shape index (κ2) is 10.1. The Labute approximate surface area is 201 Å². The number of hydrogen-bond acceptors (Lipinski definition) is 6. The minimum Gasteiger partial charge on any atom is -0.369 e. The van der Waals surface area contributed by atoms with Crippen molar-refractivity contribution >= 4 is 23.2 Å². The molecule has 5 rings (SSSR count). The van der Waals surface area contributed by atoms with Crippen molar-refractivity contribution in [2.24, 2.45) is 0 Å². The van der Waals surface area contributed by atoms with Crippen molar-refractivity contribution in [2.45, 2.75) is 51.2 Å². The number of amides is 2. The van der Waals surface area contributed by atoms with Gasteiger partial charge in [0.05, 0.1) is 17.4 Å². The molecule has 0 bridgehead atoms. The Hall–Kier alpha value is -2.97. The molecule has 0 unspecified atom stereocenters. The molecule has 2 saturated heterocycles. The highest BCUT2D eigenvalue weighted by molar-refractivity contribution is 5.95. The van der Waals surface area contributed by atoms with Crippen LogP contribution in [0.3, 0.4) is 0 Å². The predicted octanol–water partition coefficient (Wildman–Crippen LogP) is 2.29. The molecule has 3 fully saturated rings. The lowest BCUT2D eigenvalue weighted by Crippen LogP contribution is -2.46. The van der Waals surface area contributed by atoms with Crippen LogP contribution in [-0.4, -0.2) is 66.5 Å². The van der Waals surface area contributed by atoms with Crippen LogP contribution in [-0.2, 0) is 11.3 Å². The molecule has 1 aromatic carbocycles. The van der Waals surface area contributed by atoms with Crippen molar-refractivity contribution in [3.63, 3.8) is 0 Å². The first-order chi connectivity index (χ1) is 16.5. The molecule has 2 aromatic rings. The van der Waals surface area contributed by atoms with E-state index in [1.807, 2.05) is 25.3 Å². The summed E-state index contributed by atoms with van der Waals surface area (Å²) in [6.45, 7) is 7.42. The topological polar surface area (TPSA) is 89.6 Å². The van der Waals surface area contributed by atoms with E-state index >= 15 is 0 Å². The largest absolute Gasteiger partial charge is 0.369 e. The maximum Gasteiger partial charge on any atom is 0.251 e. The van der Waals surface area contributed by atoms with Gasteiger partial charge >= 0.3 is 0 Å². The third-order valence-electron chi connectivity index (χ3n) is 6.96. The van der Waals surface area contributed by atoms with Gasteiger partial charge in [-0.15, -0.1) is 0 Å². The fourth-order valence-electron chi connectivity index (χ4n) is 4.66. The highest BCUT2D eigenvalue weighted by Gasteiger charge is 2.25. The maximum atomic E-state index is 12.5. The normalized spacial score (nSPS) is 20.9. The van der Waals surface area contributed by atoms with Gasteiger partial charge in [0.2, 0.25) is 5.91 Å². The van der Waals surface area contributed by atoms with Crippen LogP contribution in [0.15, 0.2) is 36.5 Å². The Bertz CT molecular complexity index is 1020. The minimum atomic E-state index is -0.0993. The zero-order valence-electron chi connectivity index (χ0n) is 19.8. The molecular weight excluding hydrogens is 428 g/mol. The van der Waals surface area contributed by atoms with Crippen molar-refractivity contribution in [2.75, 3.05) is 42.9 Å². The zero-order chi connectivity index (χ0) is 23.5. The van der Waals surface area contributed by atoms with E-state index in [1.165, 1.54) is 0 Å². The first kappa shape index (κ1) is 22.8. The van der Waals surface area contributed by atoms with Crippen LogP contribution in [0.4, 0.5) is 11.4 Å². The summed E-state index contributed by atoms with van der Waals surface area (Å²) in [6, 6.07) is 10.3. The van der Waals surface area contributed by atoms with Crippen molar-refractivity contribution in [1.29, 1.82) is 0 Å². The second-order valence-corrected chi connectivity index (χ2v) is 9.67. The number of nitrogens with one attached hydrogen (secondary N) is 3. The van der Waals surface area contributed by atoms with Crippen LogP contribution >= 0.6 is 0 Å². The van der Waals surface area contributed by atoms with Gasteiger partial charge < -0.3 is 20.9 Å². The van der Waals surface area contributed by atoms with Crippen LogP contribution in [0.1, 0.15) is 47.3 Å². The monoisotopic (exact) mass is 462 g/mol. The fraction of sp³-hybridized carbons (Fsp3) is 0.500. The summed E-state index contributed by atoms with van der Waals surface area (Å²) in [5.74, 6) is 0.0600. The molecule has 1 aliphatic carbocycles. The first-order valence-corrected chi connectivity index (χ1v) is 12.4. The summed E-state index contributed by atoms with van der Waals surface area (Å²) < 4.78 is 0. The van der Waals surface area contributed by atoms with Gasteiger partial charge in [0.15, 0.2) is 0 Å². The van der Waals surface area contributed by atoms with Crippen LogP contribution in [0.5, 0.6) is 0 Å². The zero-order valence-corrected chi connectivity index (χ0v) is 19.8. The SMILES string of the molecule is Cc1ncc(CN2CCN(c3ccc(C(=O)NC4CC4)cc3)CC2)cc1NC(=O)[C@@H]1CCCN1.